The molecule has 5 aliphatic rings. The maximum Gasteiger partial charge on any atom is 0.246 e. The third-order valence-electron chi connectivity index (χ3n) is 8.35. The minimum absolute atomic E-state index is 0.000176. The number of piperidine rings is 1. The molecule has 0 spiro atoms. The van der Waals surface area contributed by atoms with Gasteiger partial charge in [0.05, 0.1) is 29.4 Å². The standard InChI is InChI=1S/C24H39Cl2N3O4/c1-32-14-16-10-17(13-27-12-16)22(31)29-24-7-4-23(5-8-24,6-9-24)28-21(30)15-33-18-2-3-19(25)20(26)11-18/h16-20,27H,2-15H2,1H3,(H,28,30)(H,29,31). The van der Waals surface area contributed by atoms with Crippen LogP contribution in [0.4, 0.5) is 0 Å². The van der Waals surface area contributed by atoms with E-state index in [1.54, 1.807) is 7.11 Å². The monoisotopic (exact) mass is 503 g/mol. The average molecular weight is 504 g/mol. The van der Waals surface area contributed by atoms with Gasteiger partial charge in [-0.1, -0.05) is 0 Å². The van der Waals surface area contributed by atoms with E-state index in [0.717, 1.165) is 70.9 Å². The van der Waals surface area contributed by atoms with Gasteiger partial charge in [0.15, 0.2) is 0 Å². The Labute approximate surface area is 207 Å². The second-order valence-corrected chi connectivity index (χ2v) is 11.9. The lowest BCUT2D eigenvalue weighted by Gasteiger charge is -2.54. The number of fused-ring (bicyclic) bond motifs is 3. The summed E-state index contributed by atoms with van der Waals surface area (Å²) in [5, 5.41) is 9.97. The van der Waals surface area contributed by atoms with Crippen LogP contribution < -0.4 is 16.0 Å². The summed E-state index contributed by atoms with van der Waals surface area (Å²) in [6, 6.07) is 0. The molecule has 9 heteroatoms. The van der Waals surface area contributed by atoms with Gasteiger partial charge in [-0.3, -0.25) is 9.59 Å². The van der Waals surface area contributed by atoms with E-state index in [1.807, 2.05) is 0 Å². The second-order valence-electron chi connectivity index (χ2n) is 10.8. The predicted molar refractivity (Wildman–Crippen MR) is 129 cm³/mol. The molecular weight excluding hydrogens is 465 g/mol. The molecular formula is C24H39Cl2N3O4. The van der Waals surface area contributed by atoms with E-state index in [1.165, 1.54) is 0 Å². The van der Waals surface area contributed by atoms with Gasteiger partial charge in [-0.2, -0.15) is 0 Å². The number of carbonyl (C=O) groups is 2. The number of methoxy groups -OCH3 is 1. The normalized spacial score (nSPS) is 40.9. The molecule has 188 valence electrons. The Morgan fingerprint density at radius 2 is 1.61 bits per heavy atom. The molecule has 1 saturated heterocycles. The van der Waals surface area contributed by atoms with Crippen LogP contribution in [0.2, 0.25) is 0 Å². The van der Waals surface area contributed by atoms with E-state index in [0.29, 0.717) is 18.9 Å². The number of nitrogens with one attached hydrogen (secondary N) is 3. The molecule has 3 N–H and O–H groups in total. The minimum Gasteiger partial charge on any atom is -0.384 e. The summed E-state index contributed by atoms with van der Waals surface area (Å²) in [5.41, 5.74) is -0.282. The van der Waals surface area contributed by atoms with Crippen molar-refractivity contribution < 1.29 is 19.1 Å². The van der Waals surface area contributed by atoms with Crippen LogP contribution in [0.5, 0.6) is 0 Å². The van der Waals surface area contributed by atoms with Crippen molar-refractivity contribution in [2.75, 3.05) is 33.4 Å². The van der Waals surface area contributed by atoms with Crippen LogP contribution in [-0.4, -0.2) is 73.2 Å². The van der Waals surface area contributed by atoms with Crippen LogP contribution in [0.1, 0.15) is 64.2 Å². The van der Waals surface area contributed by atoms with Gasteiger partial charge in [0.25, 0.3) is 0 Å². The molecule has 4 aliphatic carbocycles. The van der Waals surface area contributed by atoms with E-state index < -0.39 is 0 Å². The fourth-order valence-corrected chi connectivity index (χ4v) is 6.79. The first-order chi connectivity index (χ1) is 15.8. The zero-order chi connectivity index (χ0) is 23.5. The maximum absolute atomic E-state index is 13.0. The van der Waals surface area contributed by atoms with Crippen LogP contribution in [-0.2, 0) is 19.1 Å². The topological polar surface area (TPSA) is 88.7 Å². The average Bonchev–Trinajstić information content (AvgIpc) is 2.81. The highest BCUT2D eigenvalue weighted by atomic mass is 35.5. The lowest BCUT2D eigenvalue weighted by Crippen LogP contribution is -2.65. The van der Waals surface area contributed by atoms with Crippen molar-refractivity contribution in [2.24, 2.45) is 11.8 Å². The van der Waals surface area contributed by atoms with E-state index in [9.17, 15) is 9.59 Å². The second kappa shape index (κ2) is 11.0. The van der Waals surface area contributed by atoms with Crippen molar-refractivity contribution in [1.29, 1.82) is 0 Å². The maximum atomic E-state index is 13.0. The lowest BCUT2D eigenvalue weighted by atomic mass is 9.61. The largest absolute Gasteiger partial charge is 0.384 e. The van der Waals surface area contributed by atoms with Crippen LogP contribution in [0.25, 0.3) is 0 Å². The van der Waals surface area contributed by atoms with Crippen molar-refractivity contribution in [3.05, 3.63) is 0 Å². The Bertz CT molecular complexity index is 683. The first-order valence-electron chi connectivity index (χ1n) is 12.5. The molecule has 2 amide bonds. The summed E-state index contributed by atoms with van der Waals surface area (Å²) in [4.78, 5) is 25.7. The van der Waals surface area contributed by atoms with Gasteiger partial charge in [0.2, 0.25) is 11.8 Å². The van der Waals surface area contributed by atoms with Crippen LogP contribution in [0, 0.1) is 11.8 Å². The van der Waals surface area contributed by atoms with Gasteiger partial charge in [0.1, 0.15) is 6.61 Å². The molecule has 7 nitrogen and oxygen atoms in total. The molecule has 1 aliphatic heterocycles. The number of halogens is 2. The van der Waals surface area contributed by atoms with Crippen molar-refractivity contribution in [3.8, 4) is 0 Å². The molecule has 0 aromatic rings. The zero-order valence-electron chi connectivity index (χ0n) is 19.7. The SMILES string of the molecule is COCC1CNCC(C(=O)NC23CCC(NC(=O)COC4CCC(Cl)C(Cl)C4)(CC2)CC3)C1. The van der Waals surface area contributed by atoms with Gasteiger partial charge in [0, 0.05) is 31.3 Å². The van der Waals surface area contributed by atoms with Gasteiger partial charge >= 0.3 is 0 Å². The molecule has 5 rings (SSSR count). The van der Waals surface area contributed by atoms with Crippen molar-refractivity contribution >= 4 is 35.0 Å². The number of amides is 2. The Hall–Kier alpha value is -0.600. The molecule has 0 radical (unpaired) electrons. The zero-order valence-corrected chi connectivity index (χ0v) is 21.2. The molecule has 1 heterocycles. The van der Waals surface area contributed by atoms with Crippen LogP contribution in [0.15, 0.2) is 0 Å². The van der Waals surface area contributed by atoms with Crippen molar-refractivity contribution in [1.82, 2.24) is 16.0 Å². The van der Waals surface area contributed by atoms with E-state index in [4.69, 9.17) is 32.7 Å². The number of hydrogen-bond acceptors (Lipinski definition) is 5. The highest BCUT2D eigenvalue weighted by molar-refractivity contribution is 6.30. The smallest absolute Gasteiger partial charge is 0.246 e. The van der Waals surface area contributed by atoms with E-state index >= 15 is 0 Å². The summed E-state index contributed by atoms with van der Waals surface area (Å²) < 4.78 is 11.1. The third-order valence-corrected chi connectivity index (χ3v) is 9.48. The number of alkyl halides is 2. The molecule has 5 unspecified atom stereocenters. The van der Waals surface area contributed by atoms with Crippen LogP contribution in [0.3, 0.4) is 0 Å². The Morgan fingerprint density at radius 1 is 0.939 bits per heavy atom. The summed E-state index contributed by atoms with van der Waals surface area (Å²) in [7, 11) is 1.71. The summed E-state index contributed by atoms with van der Waals surface area (Å²) in [5.74, 6) is 0.504. The van der Waals surface area contributed by atoms with Crippen molar-refractivity contribution in [3.63, 3.8) is 0 Å². The molecule has 5 atom stereocenters. The van der Waals surface area contributed by atoms with E-state index in [-0.39, 0.29) is 52.3 Å². The lowest BCUT2D eigenvalue weighted by molar-refractivity contribution is -0.134. The summed E-state index contributed by atoms with van der Waals surface area (Å²) >= 11 is 12.4. The first kappa shape index (κ1) is 25.5. The van der Waals surface area contributed by atoms with Crippen molar-refractivity contribution in [2.45, 2.75) is 92.1 Å². The first-order valence-corrected chi connectivity index (χ1v) is 13.4. The Morgan fingerprint density at radius 3 is 2.24 bits per heavy atom. The molecule has 2 bridgehead atoms. The van der Waals surface area contributed by atoms with Crippen LogP contribution >= 0.6 is 23.2 Å². The Balaban J connectivity index is 1.21. The van der Waals surface area contributed by atoms with Gasteiger partial charge < -0.3 is 25.4 Å². The number of carbonyl (C=O) groups excluding carboxylic acids is 2. The van der Waals surface area contributed by atoms with Gasteiger partial charge in [-0.25, -0.2) is 0 Å². The fraction of sp³-hybridized carbons (Fsp3) is 0.917. The highest BCUT2D eigenvalue weighted by Gasteiger charge is 2.50. The predicted octanol–water partition coefficient (Wildman–Crippen LogP) is 2.72. The Kier molecular flexibility index (Phi) is 8.48. The number of rotatable bonds is 8. The summed E-state index contributed by atoms with van der Waals surface area (Å²) in [6.07, 6.45) is 8.67. The number of ether oxygens (including phenoxy) is 2. The summed E-state index contributed by atoms with van der Waals surface area (Å²) in [6.45, 7) is 2.41. The van der Waals surface area contributed by atoms with Gasteiger partial charge in [-0.15, -0.1) is 23.2 Å². The molecule has 0 aromatic heterocycles. The number of hydrogen-bond donors (Lipinski definition) is 3. The molecule has 33 heavy (non-hydrogen) atoms. The third kappa shape index (κ3) is 6.35. The quantitative estimate of drug-likeness (QED) is 0.443. The fourth-order valence-electron chi connectivity index (χ4n) is 6.24. The molecule has 5 fully saturated rings. The van der Waals surface area contributed by atoms with Gasteiger partial charge in [-0.05, 0) is 70.1 Å². The minimum atomic E-state index is -0.161. The molecule has 4 saturated carbocycles. The highest BCUT2D eigenvalue weighted by Crippen LogP contribution is 2.47. The van der Waals surface area contributed by atoms with E-state index in [2.05, 4.69) is 16.0 Å². The molecule has 0 aromatic carbocycles.